The minimum atomic E-state index is -0.522. The van der Waals surface area contributed by atoms with Crippen molar-refractivity contribution >= 4 is 38.6 Å². The van der Waals surface area contributed by atoms with Crippen LogP contribution in [-0.2, 0) is 0 Å². The Kier molecular flexibility index (Phi) is 4.10. The molecule has 22 heavy (non-hydrogen) atoms. The van der Waals surface area contributed by atoms with Crippen LogP contribution in [0.1, 0.15) is 23.3 Å². The molecule has 1 unspecified atom stereocenters. The molecule has 1 amide bonds. The van der Waals surface area contributed by atoms with Crippen LogP contribution in [-0.4, -0.2) is 54.0 Å². The SMILES string of the molecule is CN(C)C1CCCN(c2c(Br)c(C(N)=O)nc3[nH]ccc23)C1. The Morgan fingerprint density at radius 1 is 1.55 bits per heavy atom. The largest absolute Gasteiger partial charge is 0.368 e. The minimum Gasteiger partial charge on any atom is -0.368 e. The number of fused-ring (bicyclic) bond motifs is 1. The fourth-order valence-corrected chi connectivity index (χ4v) is 3.84. The molecule has 3 N–H and O–H groups in total. The summed E-state index contributed by atoms with van der Waals surface area (Å²) in [7, 11) is 4.22. The Morgan fingerprint density at radius 2 is 2.32 bits per heavy atom. The van der Waals surface area contributed by atoms with Crippen molar-refractivity contribution < 1.29 is 4.79 Å². The Morgan fingerprint density at radius 3 is 3.00 bits per heavy atom. The van der Waals surface area contributed by atoms with Gasteiger partial charge in [-0.2, -0.15) is 0 Å². The number of likely N-dealkylation sites (N-methyl/N-ethyl adjacent to an activating group) is 1. The van der Waals surface area contributed by atoms with Crippen molar-refractivity contribution in [3.05, 3.63) is 22.4 Å². The molecular weight excluding hydrogens is 346 g/mol. The average Bonchev–Trinajstić information content (AvgIpc) is 2.94. The van der Waals surface area contributed by atoms with E-state index in [2.05, 4.69) is 49.8 Å². The number of aromatic amines is 1. The molecule has 2 aromatic rings. The van der Waals surface area contributed by atoms with Crippen molar-refractivity contribution in [3.8, 4) is 0 Å². The van der Waals surface area contributed by atoms with Crippen LogP contribution in [0.3, 0.4) is 0 Å². The molecular formula is C15H20BrN5O. The van der Waals surface area contributed by atoms with E-state index in [0.717, 1.165) is 30.6 Å². The molecule has 0 saturated carbocycles. The number of aromatic nitrogens is 2. The van der Waals surface area contributed by atoms with Gasteiger partial charge in [0.2, 0.25) is 0 Å². The Labute approximate surface area is 137 Å². The summed E-state index contributed by atoms with van der Waals surface area (Å²) in [6.07, 6.45) is 4.15. The first-order chi connectivity index (χ1) is 10.5. The number of halogens is 1. The van der Waals surface area contributed by atoms with Crippen molar-refractivity contribution in [3.63, 3.8) is 0 Å². The van der Waals surface area contributed by atoms with Gasteiger partial charge in [0.05, 0.1) is 10.2 Å². The van der Waals surface area contributed by atoms with Crippen LogP contribution < -0.4 is 10.6 Å². The Balaban J connectivity index is 2.10. The molecule has 0 bridgehead atoms. The molecule has 6 nitrogen and oxygen atoms in total. The maximum Gasteiger partial charge on any atom is 0.268 e. The summed E-state index contributed by atoms with van der Waals surface area (Å²) in [5, 5.41) is 1.01. The van der Waals surface area contributed by atoms with Crippen LogP contribution in [0.25, 0.3) is 11.0 Å². The lowest BCUT2D eigenvalue weighted by Crippen LogP contribution is -2.45. The summed E-state index contributed by atoms with van der Waals surface area (Å²) in [5.41, 5.74) is 7.45. The highest BCUT2D eigenvalue weighted by molar-refractivity contribution is 9.10. The summed E-state index contributed by atoms with van der Waals surface area (Å²) in [6, 6.07) is 2.49. The molecule has 7 heteroatoms. The van der Waals surface area contributed by atoms with Crippen molar-refractivity contribution in [2.45, 2.75) is 18.9 Å². The second-order valence-corrected chi connectivity index (χ2v) is 6.73. The highest BCUT2D eigenvalue weighted by Crippen LogP contribution is 2.37. The van der Waals surface area contributed by atoms with Crippen LogP contribution in [0.4, 0.5) is 5.69 Å². The summed E-state index contributed by atoms with van der Waals surface area (Å²) < 4.78 is 0.687. The number of H-pyrrole nitrogens is 1. The summed E-state index contributed by atoms with van der Waals surface area (Å²) in [5.74, 6) is -0.522. The van der Waals surface area contributed by atoms with Crippen molar-refractivity contribution in [1.29, 1.82) is 0 Å². The van der Waals surface area contributed by atoms with Crippen LogP contribution in [0.2, 0.25) is 0 Å². The maximum absolute atomic E-state index is 11.7. The molecule has 0 radical (unpaired) electrons. The second-order valence-electron chi connectivity index (χ2n) is 5.93. The van der Waals surface area contributed by atoms with Gasteiger partial charge in [0, 0.05) is 30.7 Å². The highest BCUT2D eigenvalue weighted by Gasteiger charge is 2.27. The zero-order valence-electron chi connectivity index (χ0n) is 12.8. The fraction of sp³-hybridized carbons (Fsp3) is 0.467. The summed E-state index contributed by atoms with van der Waals surface area (Å²) in [4.78, 5) is 23.7. The molecule has 1 fully saturated rings. The lowest BCUT2D eigenvalue weighted by atomic mass is 10.0. The predicted molar refractivity (Wildman–Crippen MR) is 91.2 cm³/mol. The second kappa shape index (κ2) is 5.89. The van der Waals surface area contributed by atoms with E-state index in [1.165, 1.54) is 6.42 Å². The van der Waals surface area contributed by atoms with Gasteiger partial charge in [0.1, 0.15) is 11.3 Å². The lowest BCUT2D eigenvalue weighted by Gasteiger charge is -2.38. The van der Waals surface area contributed by atoms with Crippen molar-refractivity contribution in [1.82, 2.24) is 14.9 Å². The van der Waals surface area contributed by atoms with Gasteiger partial charge in [0.25, 0.3) is 5.91 Å². The molecule has 1 saturated heterocycles. The highest BCUT2D eigenvalue weighted by atomic mass is 79.9. The number of carbonyl (C=O) groups excluding carboxylic acids is 1. The number of hydrogen-bond donors (Lipinski definition) is 2. The molecule has 3 rings (SSSR count). The van der Waals surface area contributed by atoms with Crippen LogP contribution in [0, 0.1) is 0 Å². The summed E-state index contributed by atoms with van der Waals surface area (Å²) >= 11 is 3.55. The van der Waals surface area contributed by atoms with Crippen LogP contribution in [0.5, 0.6) is 0 Å². The van der Waals surface area contributed by atoms with E-state index < -0.39 is 5.91 Å². The van der Waals surface area contributed by atoms with Gasteiger partial charge in [-0.25, -0.2) is 4.98 Å². The standard InChI is InChI=1S/C15H20BrN5O/c1-20(2)9-4-3-7-21(8-9)13-10-5-6-18-15(10)19-12(11(13)16)14(17)22/h5-6,9H,3-4,7-8H2,1-2H3,(H2,17,22)(H,18,19). The quantitative estimate of drug-likeness (QED) is 0.871. The van der Waals surface area contributed by atoms with Crippen LogP contribution in [0.15, 0.2) is 16.7 Å². The monoisotopic (exact) mass is 365 g/mol. The first kappa shape index (κ1) is 15.3. The number of rotatable bonds is 3. The van der Waals surface area contributed by atoms with Crippen LogP contribution >= 0.6 is 15.9 Å². The smallest absolute Gasteiger partial charge is 0.268 e. The van der Waals surface area contributed by atoms with E-state index in [4.69, 9.17) is 5.73 Å². The number of carbonyl (C=O) groups is 1. The molecule has 3 heterocycles. The van der Waals surface area contributed by atoms with E-state index in [1.54, 1.807) is 0 Å². The number of amides is 1. The number of hydrogen-bond acceptors (Lipinski definition) is 4. The molecule has 0 spiro atoms. The van der Waals surface area contributed by atoms with Crippen molar-refractivity contribution in [2.75, 3.05) is 32.1 Å². The van der Waals surface area contributed by atoms with Gasteiger partial charge in [0.15, 0.2) is 0 Å². The van der Waals surface area contributed by atoms with E-state index >= 15 is 0 Å². The first-order valence-corrected chi connectivity index (χ1v) is 8.16. The molecule has 1 aliphatic rings. The number of nitrogens with two attached hydrogens (primary N) is 1. The predicted octanol–water partition coefficient (Wildman–Crippen LogP) is 1.95. The number of pyridine rings is 1. The van der Waals surface area contributed by atoms with Gasteiger partial charge in [-0.1, -0.05) is 0 Å². The zero-order valence-corrected chi connectivity index (χ0v) is 14.4. The third kappa shape index (κ3) is 2.59. The van der Waals surface area contributed by atoms with Gasteiger partial charge >= 0.3 is 0 Å². The number of anilines is 1. The molecule has 0 aliphatic carbocycles. The van der Waals surface area contributed by atoms with Gasteiger partial charge in [-0.05, 0) is 48.9 Å². The van der Waals surface area contributed by atoms with Gasteiger partial charge in [-0.15, -0.1) is 0 Å². The molecule has 2 aromatic heterocycles. The Bertz CT molecular complexity index is 711. The normalized spacial score (nSPS) is 19.1. The number of piperidine rings is 1. The van der Waals surface area contributed by atoms with E-state index in [-0.39, 0.29) is 5.69 Å². The maximum atomic E-state index is 11.7. The molecule has 1 atom stereocenters. The summed E-state index contributed by atoms with van der Waals surface area (Å²) in [6.45, 7) is 1.89. The van der Waals surface area contributed by atoms with E-state index in [1.807, 2.05) is 12.3 Å². The molecule has 1 aliphatic heterocycles. The third-order valence-electron chi connectivity index (χ3n) is 4.30. The molecule has 0 aromatic carbocycles. The average molecular weight is 366 g/mol. The topological polar surface area (TPSA) is 78.2 Å². The van der Waals surface area contributed by atoms with Crippen molar-refractivity contribution in [2.24, 2.45) is 5.73 Å². The first-order valence-electron chi connectivity index (χ1n) is 7.36. The number of primary amides is 1. The minimum absolute atomic E-state index is 0.275. The number of nitrogens with zero attached hydrogens (tertiary/aromatic N) is 3. The van der Waals surface area contributed by atoms with E-state index in [9.17, 15) is 4.79 Å². The lowest BCUT2D eigenvalue weighted by molar-refractivity contribution is 0.0995. The van der Waals surface area contributed by atoms with E-state index in [0.29, 0.717) is 16.2 Å². The van der Waals surface area contributed by atoms with Gasteiger partial charge in [-0.3, -0.25) is 4.79 Å². The third-order valence-corrected chi connectivity index (χ3v) is 5.05. The zero-order chi connectivity index (χ0) is 15.9. The molecule has 118 valence electrons. The fourth-order valence-electron chi connectivity index (χ4n) is 3.09. The van der Waals surface area contributed by atoms with Gasteiger partial charge < -0.3 is 20.5 Å². The number of nitrogens with one attached hydrogen (secondary N) is 1. The Hall–Kier alpha value is -1.60.